The van der Waals surface area contributed by atoms with Gasteiger partial charge in [-0.05, 0) is 17.0 Å². The third-order valence-corrected chi connectivity index (χ3v) is 3.13. The number of nitrogens with zero attached hydrogens (tertiary/aromatic N) is 1. The summed E-state index contributed by atoms with van der Waals surface area (Å²) >= 11 is 0. The van der Waals surface area contributed by atoms with E-state index in [0.29, 0.717) is 6.42 Å². The predicted octanol–water partition coefficient (Wildman–Crippen LogP) is 2.05. The van der Waals surface area contributed by atoms with Gasteiger partial charge in [-0.25, -0.2) is 0 Å². The van der Waals surface area contributed by atoms with Crippen LogP contribution in [0.5, 0.6) is 0 Å². The highest BCUT2D eigenvalue weighted by Gasteiger charge is 2.23. The molecule has 0 saturated carbocycles. The summed E-state index contributed by atoms with van der Waals surface area (Å²) in [6.07, 6.45) is 4.04. The number of hydrogen-bond donors (Lipinski definition) is 2. The third kappa shape index (κ3) is 2.77. The second-order valence-electron chi connectivity index (χ2n) is 4.57. The fraction of sp³-hybridized carbons (Fsp3) is 0.286. The highest BCUT2D eigenvalue weighted by molar-refractivity contribution is 5.74. The summed E-state index contributed by atoms with van der Waals surface area (Å²) in [7, 11) is 0. The van der Waals surface area contributed by atoms with Crippen LogP contribution in [0.15, 0.2) is 42.7 Å². The lowest BCUT2D eigenvalue weighted by Crippen LogP contribution is -2.20. The number of nitrogens with one attached hydrogen (secondary N) is 1. The van der Waals surface area contributed by atoms with Crippen LogP contribution in [0.1, 0.15) is 30.4 Å². The quantitative estimate of drug-likeness (QED) is 0.843. The molecule has 0 bridgehead atoms. The van der Waals surface area contributed by atoms with Gasteiger partial charge in [-0.3, -0.25) is 9.89 Å². The molecule has 1 aromatic carbocycles. The molecule has 0 aliphatic rings. The van der Waals surface area contributed by atoms with Crippen LogP contribution in [0.2, 0.25) is 0 Å². The Bertz CT molecular complexity index is 493. The summed E-state index contributed by atoms with van der Waals surface area (Å²) in [5.41, 5.74) is 7.55. The predicted molar refractivity (Wildman–Crippen MR) is 69.8 cm³/mol. The van der Waals surface area contributed by atoms with Crippen molar-refractivity contribution >= 4 is 5.91 Å². The molecule has 4 nitrogen and oxygen atoms in total. The molecule has 2 rings (SSSR count). The second kappa shape index (κ2) is 5.49. The van der Waals surface area contributed by atoms with Gasteiger partial charge in [-0.2, -0.15) is 5.10 Å². The van der Waals surface area contributed by atoms with Gasteiger partial charge >= 0.3 is 0 Å². The zero-order chi connectivity index (χ0) is 13.0. The van der Waals surface area contributed by atoms with Crippen LogP contribution in [0.4, 0.5) is 0 Å². The van der Waals surface area contributed by atoms with Crippen LogP contribution in [0.3, 0.4) is 0 Å². The summed E-state index contributed by atoms with van der Waals surface area (Å²) in [5.74, 6) is 0.00637. The van der Waals surface area contributed by atoms with Crippen molar-refractivity contribution in [2.75, 3.05) is 0 Å². The smallest absolute Gasteiger partial charge is 0.217 e. The fourth-order valence-corrected chi connectivity index (χ4v) is 2.38. The van der Waals surface area contributed by atoms with E-state index in [9.17, 15) is 4.79 Å². The van der Waals surface area contributed by atoms with Gasteiger partial charge < -0.3 is 5.73 Å². The van der Waals surface area contributed by atoms with Crippen molar-refractivity contribution in [3.05, 3.63) is 53.9 Å². The molecule has 2 atom stereocenters. The Labute approximate surface area is 106 Å². The number of rotatable bonds is 5. The number of H-pyrrole nitrogens is 1. The molecular formula is C14H17N3O. The molecule has 0 aliphatic heterocycles. The zero-order valence-electron chi connectivity index (χ0n) is 10.3. The summed E-state index contributed by atoms with van der Waals surface area (Å²) in [5, 5.41) is 6.81. The first-order valence-electron chi connectivity index (χ1n) is 6.00. The molecule has 2 aromatic rings. The zero-order valence-corrected chi connectivity index (χ0v) is 10.3. The van der Waals surface area contributed by atoms with E-state index in [2.05, 4.69) is 22.3 Å². The van der Waals surface area contributed by atoms with Gasteiger partial charge in [0.2, 0.25) is 5.91 Å². The molecule has 4 heteroatoms. The molecule has 0 spiro atoms. The molecule has 3 N–H and O–H groups in total. The number of nitrogens with two attached hydrogens (primary N) is 1. The Morgan fingerprint density at radius 1 is 1.33 bits per heavy atom. The van der Waals surface area contributed by atoms with E-state index in [1.165, 1.54) is 5.56 Å². The average Bonchev–Trinajstić information content (AvgIpc) is 2.83. The first-order valence-corrected chi connectivity index (χ1v) is 6.00. The summed E-state index contributed by atoms with van der Waals surface area (Å²) in [4.78, 5) is 11.1. The van der Waals surface area contributed by atoms with E-state index in [4.69, 9.17) is 5.73 Å². The van der Waals surface area contributed by atoms with Crippen LogP contribution < -0.4 is 5.73 Å². The van der Waals surface area contributed by atoms with E-state index in [1.807, 2.05) is 31.3 Å². The molecule has 0 fully saturated rings. The fourth-order valence-electron chi connectivity index (χ4n) is 2.38. The minimum absolute atomic E-state index is 0.137. The maximum atomic E-state index is 11.1. The first kappa shape index (κ1) is 12.4. The van der Waals surface area contributed by atoms with Crippen molar-refractivity contribution < 1.29 is 4.79 Å². The van der Waals surface area contributed by atoms with Crippen LogP contribution in [0, 0.1) is 5.92 Å². The van der Waals surface area contributed by atoms with Gasteiger partial charge in [0.25, 0.3) is 0 Å². The average molecular weight is 243 g/mol. The van der Waals surface area contributed by atoms with Gasteiger partial charge in [0.05, 0.1) is 6.20 Å². The minimum Gasteiger partial charge on any atom is -0.370 e. The third-order valence-electron chi connectivity index (χ3n) is 3.13. The Morgan fingerprint density at radius 2 is 2.06 bits per heavy atom. The largest absolute Gasteiger partial charge is 0.370 e. The Balaban J connectivity index is 2.32. The van der Waals surface area contributed by atoms with Crippen molar-refractivity contribution in [1.29, 1.82) is 0 Å². The van der Waals surface area contributed by atoms with Crippen LogP contribution >= 0.6 is 0 Å². The molecule has 2 unspecified atom stereocenters. The summed E-state index contributed by atoms with van der Waals surface area (Å²) in [6, 6.07) is 10.1. The molecule has 0 saturated heterocycles. The number of primary amides is 1. The van der Waals surface area contributed by atoms with Gasteiger partial charge in [0.1, 0.15) is 0 Å². The van der Waals surface area contributed by atoms with E-state index in [-0.39, 0.29) is 17.7 Å². The van der Waals surface area contributed by atoms with Crippen LogP contribution in [0.25, 0.3) is 0 Å². The number of carbonyl (C=O) groups excluding carboxylic acids is 1. The van der Waals surface area contributed by atoms with Gasteiger partial charge in [0, 0.05) is 18.5 Å². The van der Waals surface area contributed by atoms with Gasteiger partial charge in [-0.15, -0.1) is 0 Å². The highest BCUT2D eigenvalue weighted by atomic mass is 16.1. The van der Waals surface area contributed by atoms with E-state index in [1.54, 1.807) is 6.20 Å². The lowest BCUT2D eigenvalue weighted by Gasteiger charge is -2.22. The Hall–Kier alpha value is -2.10. The van der Waals surface area contributed by atoms with E-state index in [0.717, 1.165) is 5.56 Å². The number of benzene rings is 1. The second-order valence-corrected chi connectivity index (χ2v) is 4.57. The van der Waals surface area contributed by atoms with Crippen LogP contribution in [-0.4, -0.2) is 16.1 Å². The molecule has 94 valence electrons. The highest BCUT2D eigenvalue weighted by Crippen LogP contribution is 2.32. The van der Waals surface area contributed by atoms with Crippen molar-refractivity contribution in [2.24, 2.45) is 11.7 Å². The summed E-state index contributed by atoms with van der Waals surface area (Å²) in [6.45, 7) is 2.04. The van der Waals surface area contributed by atoms with Crippen molar-refractivity contribution in [3.8, 4) is 0 Å². The summed E-state index contributed by atoms with van der Waals surface area (Å²) < 4.78 is 0. The monoisotopic (exact) mass is 243 g/mol. The SMILES string of the molecule is CC(CC(N)=O)C(c1ccccc1)c1cn[nH]c1. The Morgan fingerprint density at radius 3 is 2.61 bits per heavy atom. The van der Waals surface area contributed by atoms with E-state index < -0.39 is 0 Å². The normalized spacial score (nSPS) is 14.1. The number of aromatic amines is 1. The van der Waals surface area contributed by atoms with Crippen molar-refractivity contribution in [2.45, 2.75) is 19.3 Å². The molecule has 1 aromatic heterocycles. The van der Waals surface area contributed by atoms with Gasteiger partial charge in [-0.1, -0.05) is 37.3 Å². The lowest BCUT2D eigenvalue weighted by molar-refractivity contribution is -0.118. The van der Waals surface area contributed by atoms with Crippen molar-refractivity contribution in [3.63, 3.8) is 0 Å². The maximum absolute atomic E-state index is 11.1. The number of hydrogen-bond acceptors (Lipinski definition) is 2. The topological polar surface area (TPSA) is 71.8 Å². The molecule has 0 radical (unpaired) electrons. The minimum atomic E-state index is -0.271. The van der Waals surface area contributed by atoms with Gasteiger partial charge in [0.15, 0.2) is 0 Å². The van der Waals surface area contributed by atoms with Crippen molar-refractivity contribution in [1.82, 2.24) is 10.2 Å². The first-order chi connectivity index (χ1) is 8.68. The lowest BCUT2D eigenvalue weighted by atomic mass is 9.81. The van der Waals surface area contributed by atoms with Crippen LogP contribution in [-0.2, 0) is 4.79 Å². The standard InChI is InChI=1S/C14H17N3O/c1-10(7-13(15)18)14(12-8-16-17-9-12)11-5-3-2-4-6-11/h2-6,8-10,14H,7H2,1H3,(H2,15,18)(H,16,17). The molecular weight excluding hydrogens is 226 g/mol. The maximum Gasteiger partial charge on any atom is 0.217 e. The number of aromatic nitrogens is 2. The number of carbonyl (C=O) groups is 1. The Kier molecular flexibility index (Phi) is 3.77. The molecule has 0 aliphatic carbocycles. The number of amides is 1. The van der Waals surface area contributed by atoms with E-state index >= 15 is 0 Å². The molecule has 1 amide bonds. The molecule has 1 heterocycles. The molecule has 18 heavy (non-hydrogen) atoms.